The molecule has 0 radical (unpaired) electrons. The maximum absolute atomic E-state index is 12.5. The van der Waals surface area contributed by atoms with E-state index in [0.29, 0.717) is 25.1 Å². The molecule has 0 aromatic heterocycles. The number of benzene rings is 1. The van der Waals surface area contributed by atoms with E-state index >= 15 is 0 Å². The monoisotopic (exact) mass is 400 g/mol. The fraction of sp³-hybridized carbons (Fsp3) is 0.467. The minimum Gasteiger partial charge on any atom is -0.507 e. The topological polar surface area (TPSA) is 69.6 Å². The molecule has 0 unspecified atom stereocenters. The minimum absolute atomic E-state index is 0.0437. The van der Waals surface area contributed by atoms with Crippen molar-refractivity contribution in [2.45, 2.75) is 19.3 Å². The van der Waals surface area contributed by atoms with E-state index in [0.717, 1.165) is 23.0 Å². The lowest BCUT2D eigenvalue weighted by Gasteiger charge is -2.38. The number of halogens is 1. The van der Waals surface area contributed by atoms with Gasteiger partial charge in [0.1, 0.15) is 5.75 Å². The van der Waals surface area contributed by atoms with Gasteiger partial charge in [0.25, 0.3) is 5.91 Å². The summed E-state index contributed by atoms with van der Waals surface area (Å²) in [5.41, 5.74) is 0.562. The summed E-state index contributed by atoms with van der Waals surface area (Å²) in [4.78, 5) is 25.7. The van der Waals surface area contributed by atoms with Crippen LogP contribution >= 0.6 is 22.6 Å². The number of hydrogen-bond acceptors (Lipinski definition) is 3. The summed E-state index contributed by atoms with van der Waals surface area (Å²) < 4.78 is 0.734. The lowest BCUT2D eigenvalue weighted by atomic mass is 9.77. The predicted molar refractivity (Wildman–Crippen MR) is 86.0 cm³/mol. The average molecular weight is 400 g/mol. The van der Waals surface area contributed by atoms with E-state index in [1.165, 1.54) is 6.07 Å². The number of rotatable bonds is 1. The van der Waals surface area contributed by atoms with Gasteiger partial charge in [0.2, 0.25) is 5.91 Å². The third-order valence-electron chi connectivity index (χ3n) is 4.50. The first-order valence-corrected chi connectivity index (χ1v) is 8.12. The lowest BCUT2D eigenvalue weighted by molar-refractivity contribution is -0.119. The third-order valence-corrected chi connectivity index (χ3v) is 5.41. The molecule has 2 aliphatic rings. The highest BCUT2D eigenvalue weighted by atomic mass is 127. The van der Waals surface area contributed by atoms with E-state index in [4.69, 9.17) is 0 Å². The Morgan fingerprint density at radius 1 is 1.33 bits per heavy atom. The Morgan fingerprint density at radius 3 is 2.62 bits per heavy atom. The molecule has 2 saturated heterocycles. The number of hydrogen-bond donors (Lipinski definition) is 2. The number of likely N-dealkylation sites (tertiary alicyclic amines) is 1. The highest BCUT2D eigenvalue weighted by Gasteiger charge is 2.41. The summed E-state index contributed by atoms with van der Waals surface area (Å²) >= 11 is 2.03. The van der Waals surface area contributed by atoms with Crippen LogP contribution in [0.1, 0.15) is 29.6 Å². The molecule has 2 fully saturated rings. The molecule has 0 saturated carbocycles. The maximum Gasteiger partial charge on any atom is 0.253 e. The second-order valence-electron chi connectivity index (χ2n) is 5.91. The summed E-state index contributed by atoms with van der Waals surface area (Å²) in [6, 6.07) is 5.01. The largest absolute Gasteiger partial charge is 0.507 e. The van der Waals surface area contributed by atoms with Gasteiger partial charge in [0.05, 0.1) is 3.57 Å². The molecule has 2 N–H and O–H groups in total. The Balaban J connectivity index is 1.67. The zero-order chi connectivity index (χ0) is 15.0. The number of nitrogens with one attached hydrogen (secondary N) is 1. The normalized spacial score (nSPS) is 20.6. The molecule has 1 aromatic rings. The number of piperidine rings is 1. The van der Waals surface area contributed by atoms with Crippen LogP contribution in [0.15, 0.2) is 18.2 Å². The Kier molecular flexibility index (Phi) is 3.81. The number of aromatic hydroxyl groups is 1. The van der Waals surface area contributed by atoms with Crippen molar-refractivity contribution < 1.29 is 14.7 Å². The van der Waals surface area contributed by atoms with Crippen molar-refractivity contribution in [2.75, 3.05) is 19.6 Å². The number of carbonyl (C=O) groups excluding carboxylic acids is 2. The molecule has 5 nitrogen and oxygen atoms in total. The van der Waals surface area contributed by atoms with E-state index in [1.807, 2.05) is 27.5 Å². The van der Waals surface area contributed by atoms with Gasteiger partial charge in [-0.05, 0) is 59.0 Å². The Morgan fingerprint density at radius 2 is 2.05 bits per heavy atom. The van der Waals surface area contributed by atoms with Crippen LogP contribution in [0.5, 0.6) is 5.75 Å². The number of phenols is 1. The second-order valence-corrected chi connectivity index (χ2v) is 7.07. The maximum atomic E-state index is 12.5. The summed E-state index contributed by atoms with van der Waals surface area (Å²) in [5.74, 6) is 0.215. The fourth-order valence-electron chi connectivity index (χ4n) is 3.12. The molecule has 112 valence electrons. The lowest BCUT2D eigenvalue weighted by Crippen LogP contribution is -2.44. The van der Waals surface area contributed by atoms with Crippen LogP contribution in [0.4, 0.5) is 0 Å². The zero-order valence-electron chi connectivity index (χ0n) is 11.6. The first-order valence-electron chi connectivity index (χ1n) is 7.04. The van der Waals surface area contributed by atoms with Crippen molar-refractivity contribution in [1.82, 2.24) is 10.2 Å². The first-order chi connectivity index (χ1) is 9.99. The van der Waals surface area contributed by atoms with Gasteiger partial charge < -0.3 is 15.3 Å². The van der Waals surface area contributed by atoms with Gasteiger partial charge in [0.15, 0.2) is 0 Å². The number of carbonyl (C=O) groups is 2. The molecule has 0 bridgehead atoms. The minimum atomic E-state index is -0.0474. The van der Waals surface area contributed by atoms with Crippen LogP contribution in [0.2, 0.25) is 0 Å². The summed E-state index contributed by atoms with van der Waals surface area (Å²) in [5, 5.41) is 12.6. The molecule has 6 heteroatoms. The number of phenolic OH excluding ortho intramolecular Hbond substituents is 1. The summed E-state index contributed by atoms with van der Waals surface area (Å²) in [6.45, 7) is 2.07. The van der Waals surface area contributed by atoms with Crippen LogP contribution in [-0.2, 0) is 4.79 Å². The molecule has 3 rings (SSSR count). The second kappa shape index (κ2) is 5.47. The van der Waals surface area contributed by atoms with Gasteiger partial charge >= 0.3 is 0 Å². The van der Waals surface area contributed by atoms with Gasteiger partial charge in [0, 0.05) is 31.6 Å². The molecular weight excluding hydrogens is 383 g/mol. The third kappa shape index (κ3) is 2.86. The van der Waals surface area contributed by atoms with E-state index in [2.05, 4.69) is 5.32 Å². The van der Waals surface area contributed by atoms with Crippen molar-refractivity contribution in [1.29, 1.82) is 0 Å². The molecule has 2 amide bonds. The molecular formula is C15H17IN2O3. The van der Waals surface area contributed by atoms with E-state index < -0.39 is 0 Å². The predicted octanol–water partition coefficient (Wildman–Crippen LogP) is 1.74. The standard InChI is InChI=1S/C15H17IN2O3/c16-11-2-1-10(7-12(11)19)14(21)18-5-3-15(4-6-18)8-13(20)17-9-15/h1-2,7,19H,3-6,8-9H2,(H,17,20). The van der Waals surface area contributed by atoms with Crippen molar-refractivity contribution >= 4 is 34.4 Å². The van der Waals surface area contributed by atoms with E-state index in [-0.39, 0.29) is 23.0 Å². The molecule has 1 aromatic carbocycles. The van der Waals surface area contributed by atoms with Crippen LogP contribution in [-0.4, -0.2) is 41.5 Å². The van der Waals surface area contributed by atoms with Gasteiger partial charge in [-0.1, -0.05) is 0 Å². The number of amides is 2. The van der Waals surface area contributed by atoms with Gasteiger partial charge in [-0.2, -0.15) is 0 Å². The zero-order valence-corrected chi connectivity index (χ0v) is 13.7. The van der Waals surface area contributed by atoms with Crippen molar-refractivity contribution in [3.05, 3.63) is 27.3 Å². The molecule has 0 aliphatic carbocycles. The van der Waals surface area contributed by atoms with Crippen LogP contribution < -0.4 is 5.32 Å². The van der Waals surface area contributed by atoms with Crippen molar-refractivity contribution in [3.63, 3.8) is 0 Å². The molecule has 2 heterocycles. The smallest absolute Gasteiger partial charge is 0.253 e. The molecule has 21 heavy (non-hydrogen) atoms. The highest BCUT2D eigenvalue weighted by Crippen LogP contribution is 2.37. The molecule has 2 aliphatic heterocycles. The quantitative estimate of drug-likeness (QED) is 0.706. The fourth-order valence-corrected chi connectivity index (χ4v) is 3.45. The summed E-state index contributed by atoms with van der Waals surface area (Å²) in [6.07, 6.45) is 2.29. The number of nitrogens with zero attached hydrogens (tertiary/aromatic N) is 1. The van der Waals surface area contributed by atoms with Gasteiger partial charge in [-0.3, -0.25) is 9.59 Å². The average Bonchev–Trinajstić information content (AvgIpc) is 2.83. The Labute approximate surface area is 136 Å². The van der Waals surface area contributed by atoms with Gasteiger partial charge in [-0.25, -0.2) is 0 Å². The van der Waals surface area contributed by atoms with E-state index in [9.17, 15) is 14.7 Å². The molecule has 0 atom stereocenters. The van der Waals surface area contributed by atoms with Crippen LogP contribution in [0.3, 0.4) is 0 Å². The van der Waals surface area contributed by atoms with Crippen molar-refractivity contribution in [2.24, 2.45) is 5.41 Å². The molecule has 1 spiro atoms. The van der Waals surface area contributed by atoms with Crippen LogP contribution in [0, 0.1) is 8.99 Å². The summed E-state index contributed by atoms with van der Waals surface area (Å²) in [7, 11) is 0. The SMILES string of the molecule is O=C1CC2(CCN(C(=O)c3ccc(I)c(O)c3)CC2)CN1. The highest BCUT2D eigenvalue weighted by molar-refractivity contribution is 14.1. The van der Waals surface area contributed by atoms with Gasteiger partial charge in [-0.15, -0.1) is 0 Å². The van der Waals surface area contributed by atoms with E-state index in [1.54, 1.807) is 12.1 Å². The Hall–Kier alpha value is -1.31. The van der Waals surface area contributed by atoms with Crippen molar-refractivity contribution in [3.8, 4) is 5.75 Å². The van der Waals surface area contributed by atoms with Crippen LogP contribution in [0.25, 0.3) is 0 Å². The Bertz CT molecular complexity index is 595. The first kappa shape index (κ1) is 14.6.